The molecule has 6 rings (SSSR count). The number of carbonyl (C=O) groups excluding carboxylic acids is 2. The van der Waals surface area contributed by atoms with E-state index in [1.807, 2.05) is 78.6 Å². The first-order valence-corrected chi connectivity index (χ1v) is 14.6. The van der Waals surface area contributed by atoms with Gasteiger partial charge >= 0.3 is 0 Å². The number of rotatable bonds is 7. The van der Waals surface area contributed by atoms with Crippen molar-refractivity contribution in [1.82, 2.24) is 24.7 Å². The number of para-hydroxylation sites is 1. The molecule has 0 radical (unpaired) electrons. The molecule has 0 saturated carbocycles. The summed E-state index contributed by atoms with van der Waals surface area (Å²) < 4.78 is 8.51. The van der Waals surface area contributed by atoms with E-state index in [0.717, 1.165) is 33.1 Å². The summed E-state index contributed by atoms with van der Waals surface area (Å²) in [5.41, 5.74) is 10.3. The molecule has 42 heavy (non-hydrogen) atoms. The highest BCUT2D eigenvalue weighted by atomic mass is 32.1. The van der Waals surface area contributed by atoms with Crippen LogP contribution in [0.5, 0.6) is 5.75 Å². The van der Waals surface area contributed by atoms with Crippen LogP contribution in [-0.2, 0) is 7.05 Å². The highest BCUT2D eigenvalue weighted by Gasteiger charge is 2.34. The molecule has 2 atom stereocenters. The molecule has 0 spiro atoms. The second kappa shape index (κ2) is 11.5. The monoisotopic (exact) mass is 583 g/mol. The Morgan fingerprint density at radius 1 is 1.05 bits per heavy atom. The Morgan fingerprint density at radius 2 is 1.88 bits per heavy atom. The molecule has 2 unspecified atom stereocenters. The molecular weight excluding hydrogens is 550 g/mol. The van der Waals surface area contributed by atoms with Crippen molar-refractivity contribution >= 4 is 49.8 Å². The van der Waals surface area contributed by atoms with Crippen molar-refractivity contribution in [3.63, 3.8) is 0 Å². The van der Waals surface area contributed by atoms with Crippen LogP contribution < -0.4 is 21.1 Å². The standard InChI is InChI=1S/C31H33N7O3S/c1-36-11-12-38(18-34-30(39)22-17-33-16-21-10-13-42-28(21)22)27(29(36)32)20-8-9-23(26(15-20)41-3)35-31(40)25-14-19-6-4-5-7-24(19)37(25)2/h4-10,13-17,27,29H,11-12,18,32H2,1-3H3,(H,34,39)(H,35,40). The second-order valence-electron chi connectivity index (χ2n) is 10.5. The van der Waals surface area contributed by atoms with E-state index in [9.17, 15) is 9.59 Å². The molecule has 0 aliphatic carbocycles. The number of nitrogens with zero attached hydrogens (tertiary/aromatic N) is 4. The first-order chi connectivity index (χ1) is 20.4. The number of ether oxygens (including phenoxy) is 1. The van der Waals surface area contributed by atoms with Gasteiger partial charge in [0, 0.05) is 48.8 Å². The first kappa shape index (κ1) is 27.9. The number of nitrogens with one attached hydrogen (secondary N) is 2. The average molecular weight is 584 g/mol. The van der Waals surface area contributed by atoms with Gasteiger partial charge in [0.15, 0.2) is 0 Å². The average Bonchev–Trinajstić information content (AvgIpc) is 3.62. The number of carbonyl (C=O) groups is 2. The topological polar surface area (TPSA) is 118 Å². The third-order valence-electron chi connectivity index (χ3n) is 8.01. The van der Waals surface area contributed by atoms with Gasteiger partial charge in [-0.25, -0.2) is 0 Å². The molecule has 2 aromatic carbocycles. The number of nitrogens with two attached hydrogens (primary N) is 1. The van der Waals surface area contributed by atoms with Gasteiger partial charge in [-0.3, -0.25) is 24.4 Å². The Hall–Kier alpha value is -4.29. The molecule has 5 aromatic rings. The Labute approximate surface area is 247 Å². The van der Waals surface area contributed by atoms with Crippen molar-refractivity contribution in [2.24, 2.45) is 12.8 Å². The fraction of sp³-hybridized carbons (Fsp3) is 0.258. The second-order valence-corrected chi connectivity index (χ2v) is 11.4. The summed E-state index contributed by atoms with van der Waals surface area (Å²) in [7, 11) is 5.45. The Kier molecular flexibility index (Phi) is 7.65. The first-order valence-electron chi connectivity index (χ1n) is 13.7. The van der Waals surface area contributed by atoms with Crippen molar-refractivity contribution in [1.29, 1.82) is 0 Å². The van der Waals surface area contributed by atoms with Crippen LogP contribution in [0.2, 0.25) is 0 Å². The molecule has 10 nitrogen and oxygen atoms in total. The molecular formula is C31H33N7O3S. The molecule has 2 amide bonds. The lowest BCUT2D eigenvalue weighted by molar-refractivity contribution is 0.0302. The quantitative estimate of drug-likeness (QED) is 0.265. The number of thiophene rings is 1. The van der Waals surface area contributed by atoms with E-state index in [1.165, 1.54) is 11.3 Å². The lowest BCUT2D eigenvalue weighted by Gasteiger charge is -2.45. The maximum atomic E-state index is 13.3. The number of hydrogen-bond acceptors (Lipinski definition) is 8. The van der Waals surface area contributed by atoms with Gasteiger partial charge in [0.25, 0.3) is 11.8 Å². The zero-order valence-electron chi connectivity index (χ0n) is 23.7. The van der Waals surface area contributed by atoms with Gasteiger partial charge in [-0.2, -0.15) is 0 Å². The molecule has 1 saturated heterocycles. The van der Waals surface area contributed by atoms with Crippen LogP contribution in [0.15, 0.2) is 72.4 Å². The number of methoxy groups -OCH3 is 1. The zero-order valence-corrected chi connectivity index (χ0v) is 24.5. The molecule has 3 aromatic heterocycles. The number of benzene rings is 2. The van der Waals surface area contributed by atoms with Crippen LogP contribution in [0.25, 0.3) is 21.0 Å². The van der Waals surface area contributed by atoms with Gasteiger partial charge in [-0.05, 0) is 48.3 Å². The van der Waals surface area contributed by atoms with Gasteiger partial charge < -0.3 is 25.7 Å². The van der Waals surface area contributed by atoms with Crippen LogP contribution in [0, 0.1) is 0 Å². The summed E-state index contributed by atoms with van der Waals surface area (Å²) in [5.74, 6) is 0.124. The predicted molar refractivity (Wildman–Crippen MR) is 166 cm³/mol. The van der Waals surface area contributed by atoms with E-state index >= 15 is 0 Å². The van der Waals surface area contributed by atoms with E-state index in [1.54, 1.807) is 19.5 Å². The Balaban J connectivity index is 1.22. The number of hydrogen-bond donors (Lipinski definition) is 3. The number of amides is 2. The highest BCUT2D eigenvalue weighted by Crippen LogP contribution is 2.34. The molecule has 216 valence electrons. The van der Waals surface area contributed by atoms with Crippen LogP contribution in [0.3, 0.4) is 0 Å². The molecule has 4 N–H and O–H groups in total. The minimum absolute atomic E-state index is 0.175. The summed E-state index contributed by atoms with van der Waals surface area (Å²) in [5, 5.41) is 9.99. The number of piperazine rings is 1. The number of fused-ring (bicyclic) bond motifs is 2. The van der Waals surface area contributed by atoms with Gasteiger partial charge in [0.1, 0.15) is 11.4 Å². The van der Waals surface area contributed by atoms with E-state index < -0.39 is 0 Å². The molecule has 1 fully saturated rings. The number of aromatic nitrogens is 2. The number of pyridine rings is 1. The smallest absolute Gasteiger partial charge is 0.272 e. The van der Waals surface area contributed by atoms with Crippen LogP contribution in [-0.4, -0.2) is 71.2 Å². The van der Waals surface area contributed by atoms with Gasteiger partial charge in [-0.1, -0.05) is 24.3 Å². The molecule has 11 heteroatoms. The SMILES string of the molecule is COc1cc(C2C(N)N(C)CCN2CNC(=O)c2cncc3ccsc23)ccc1NC(=O)c1cc2ccccc2n1C. The minimum atomic E-state index is -0.320. The van der Waals surface area contributed by atoms with Crippen LogP contribution in [0.4, 0.5) is 5.69 Å². The third kappa shape index (κ3) is 5.12. The normalized spacial score (nSPS) is 17.9. The predicted octanol–water partition coefficient (Wildman–Crippen LogP) is 4.01. The van der Waals surface area contributed by atoms with Crippen molar-refractivity contribution in [3.8, 4) is 5.75 Å². The number of likely N-dealkylation sites (N-methyl/N-ethyl adjacent to an activating group) is 1. The molecule has 0 bridgehead atoms. The largest absolute Gasteiger partial charge is 0.495 e. The van der Waals surface area contributed by atoms with Gasteiger partial charge in [-0.15, -0.1) is 11.3 Å². The summed E-state index contributed by atoms with van der Waals surface area (Å²) >= 11 is 1.53. The molecule has 1 aliphatic heterocycles. The van der Waals surface area contributed by atoms with Gasteiger partial charge in [0.2, 0.25) is 0 Å². The van der Waals surface area contributed by atoms with Crippen LogP contribution >= 0.6 is 11.3 Å². The maximum absolute atomic E-state index is 13.3. The summed E-state index contributed by atoms with van der Waals surface area (Å²) in [6.07, 6.45) is 3.05. The van der Waals surface area contributed by atoms with Crippen molar-refractivity contribution < 1.29 is 14.3 Å². The van der Waals surface area contributed by atoms with Crippen LogP contribution in [0.1, 0.15) is 32.5 Å². The van der Waals surface area contributed by atoms with Crippen molar-refractivity contribution in [2.45, 2.75) is 12.2 Å². The Morgan fingerprint density at radius 3 is 2.69 bits per heavy atom. The van der Waals surface area contributed by atoms with E-state index in [-0.39, 0.29) is 24.0 Å². The molecule has 1 aliphatic rings. The van der Waals surface area contributed by atoms with E-state index in [0.29, 0.717) is 35.9 Å². The maximum Gasteiger partial charge on any atom is 0.272 e. The number of anilines is 1. The lowest BCUT2D eigenvalue weighted by Crippen LogP contribution is -2.59. The third-order valence-corrected chi connectivity index (χ3v) is 8.97. The van der Waals surface area contributed by atoms with Crippen molar-refractivity contribution in [2.75, 3.05) is 39.2 Å². The van der Waals surface area contributed by atoms with E-state index in [4.69, 9.17) is 10.5 Å². The highest BCUT2D eigenvalue weighted by molar-refractivity contribution is 7.17. The van der Waals surface area contributed by atoms with Crippen molar-refractivity contribution in [3.05, 3.63) is 89.2 Å². The molecule has 4 heterocycles. The van der Waals surface area contributed by atoms with E-state index in [2.05, 4.69) is 25.4 Å². The minimum Gasteiger partial charge on any atom is -0.495 e. The summed E-state index contributed by atoms with van der Waals surface area (Å²) in [4.78, 5) is 34.9. The fourth-order valence-electron chi connectivity index (χ4n) is 5.63. The number of aryl methyl sites for hydroxylation is 1. The summed E-state index contributed by atoms with van der Waals surface area (Å²) in [6.45, 7) is 1.78. The Bertz CT molecular complexity index is 1780. The fourth-order valence-corrected chi connectivity index (χ4v) is 6.51. The lowest BCUT2D eigenvalue weighted by atomic mass is 9.99. The zero-order chi connectivity index (χ0) is 29.4. The van der Waals surface area contributed by atoms with Gasteiger partial charge in [0.05, 0.1) is 41.9 Å². The summed E-state index contributed by atoms with van der Waals surface area (Å²) in [6, 6.07) is 17.2.